The molecule has 2 atom stereocenters. The molecule has 0 fully saturated rings. The van der Waals surface area contributed by atoms with Crippen molar-refractivity contribution in [3.63, 3.8) is 0 Å². The van der Waals surface area contributed by atoms with E-state index in [2.05, 4.69) is 16.2 Å². The van der Waals surface area contributed by atoms with Gasteiger partial charge in [-0.05, 0) is 19.5 Å². The predicted octanol–water partition coefficient (Wildman–Crippen LogP) is 1.93. The third-order valence-corrected chi connectivity index (χ3v) is 2.08. The molecule has 2 unspecified atom stereocenters. The highest BCUT2D eigenvalue weighted by Crippen LogP contribution is 2.31. The number of carboxylic acid groups (broad SMARTS) is 2. The largest absolute Gasteiger partial charge is 0.481 e. The lowest BCUT2D eigenvalue weighted by Gasteiger charge is -2.23. The highest BCUT2D eigenvalue weighted by Gasteiger charge is 2.34. The minimum absolute atomic E-state index is 0.0359. The molecule has 0 heterocycles. The summed E-state index contributed by atoms with van der Waals surface area (Å²) < 4.78 is 0. The van der Waals surface area contributed by atoms with Crippen LogP contribution >= 0.6 is 9.24 Å². The summed E-state index contributed by atoms with van der Waals surface area (Å²) in [5.41, 5.74) is -0.949. The molecule has 1 rings (SSSR count). The lowest BCUT2D eigenvalue weighted by molar-refractivity contribution is -0.145. The Morgan fingerprint density at radius 2 is 2.00 bits per heavy atom. The van der Waals surface area contributed by atoms with Crippen molar-refractivity contribution >= 4 is 21.2 Å². The SMILES string of the molecule is CC1(C(=O)O)C=CC=C(C(=O)O)C1.CCP. The molecule has 0 aromatic carbocycles. The van der Waals surface area contributed by atoms with Crippen LogP contribution in [0.25, 0.3) is 0 Å². The lowest BCUT2D eigenvalue weighted by atomic mass is 9.80. The Hall–Kier alpha value is -1.15. The van der Waals surface area contributed by atoms with E-state index in [0.717, 1.165) is 0 Å². The first-order valence-electron chi connectivity index (χ1n) is 4.92. The molecule has 4 nitrogen and oxygen atoms in total. The van der Waals surface area contributed by atoms with E-state index in [1.165, 1.54) is 31.3 Å². The predicted molar refractivity (Wildman–Crippen MR) is 65.5 cm³/mol. The van der Waals surface area contributed by atoms with Crippen molar-refractivity contribution in [3.05, 3.63) is 23.8 Å². The van der Waals surface area contributed by atoms with Crippen molar-refractivity contribution in [1.82, 2.24) is 0 Å². The lowest BCUT2D eigenvalue weighted by Crippen LogP contribution is -2.28. The summed E-state index contributed by atoms with van der Waals surface area (Å²) in [7, 11) is 2.58. The van der Waals surface area contributed by atoms with Gasteiger partial charge in [0.15, 0.2) is 0 Å². The summed E-state index contributed by atoms with van der Waals surface area (Å²) in [5, 5.41) is 17.5. The van der Waals surface area contributed by atoms with Crippen LogP contribution in [-0.2, 0) is 9.59 Å². The minimum Gasteiger partial charge on any atom is -0.481 e. The average molecular weight is 244 g/mol. The number of hydrogen-bond donors (Lipinski definition) is 2. The van der Waals surface area contributed by atoms with Crippen LogP contribution in [0.5, 0.6) is 0 Å². The van der Waals surface area contributed by atoms with Crippen LogP contribution in [0.3, 0.4) is 0 Å². The van der Waals surface area contributed by atoms with E-state index in [1.54, 1.807) is 0 Å². The third-order valence-electron chi connectivity index (χ3n) is 2.08. The molecular weight excluding hydrogens is 227 g/mol. The van der Waals surface area contributed by atoms with Crippen molar-refractivity contribution in [2.75, 3.05) is 6.16 Å². The molecule has 1 aliphatic rings. The second kappa shape index (κ2) is 6.44. The first kappa shape index (κ1) is 14.8. The molecule has 90 valence electrons. The topological polar surface area (TPSA) is 74.6 Å². The van der Waals surface area contributed by atoms with Gasteiger partial charge in [-0.1, -0.05) is 25.2 Å². The summed E-state index contributed by atoms with van der Waals surface area (Å²) >= 11 is 0. The van der Waals surface area contributed by atoms with Gasteiger partial charge >= 0.3 is 11.9 Å². The van der Waals surface area contributed by atoms with Crippen LogP contribution in [-0.4, -0.2) is 28.3 Å². The normalized spacial score (nSPS) is 22.8. The van der Waals surface area contributed by atoms with Crippen molar-refractivity contribution in [3.8, 4) is 0 Å². The van der Waals surface area contributed by atoms with Crippen molar-refractivity contribution in [2.45, 2.75) is 20.3 Å². The highest BCUT2D eigenvalue weighted by molar-refractivity contribution is 7.16. The van der Waals surface area contributed by atoms with Crippen LogP contribution in [0.4, 0.5) is 0 Å². The van der Waals surface area contributed by atoms with Crippen molar-refractivity contribution in [2.24, 2.45) is 5.41 Å². The van der Waals surface area contributed by atoms with Gasteiger partial charge in [0, 0.05) is 5.57 Å². The third kappa shape index (κ3) is 4.15. The Bertz CT molecular complexity index is 333. The van der Waals surface area contributed by atoms with Crippen LogP contribution in [0, 0.1) is 5.41 Å². The van der Waals surface area contributed by atoms with E-state index in [4.69, 9.17) is 10.2 Å². The molecule has 0 radical (unpaired) electrons. The smallest absolute Gasteiger partial charge is 0.331 e. The second-order valence-electron chi connectivity index (χ2n) is 3.66. The van der Waals surface area contributed by atoms with E-state index in [1.807, 2.05) is 0 Å². The Morgan fingerprint density at radius 1 is 1.50 bits per heavy atom. The first-order chi connectivity index (χ1) is 7.37. The van der Waals surface area contributed by atoms with Crippen LogP contribution in [0.1, 0.15) is 20.3 Å². The quantitative estimate of drug-likeness (QED) is 0.728. The van der Waals surface area contributed by atoms with Crippen LogP contribution in [0.2, 0.25) is 0 Å². The zero-order valence-electron chi connectivity index (χ0n) is 9.43. The van der Waals surface area contributed by atoms with Crippen molar-refractivity contribution in [1.29, 1.82) is 0 Å². The maximum atomic E-state index is 10.8. The number of rotatable bonds is 2. The Labute approximate surface area is 97.3 Å². The standard InChI is InChI=1S/C9H10O4.C2H7P/c1-9(8(12)13)4-2-3-6(5-9)7(10)11;1-2-3/h2-4H,5H2,1H3,(H,10,11)(H,12,13);2-3H2,1H3. The van der Waals surface area contributed by atoms with E-state index >= 15 is 0 Å². The fourth-order valence-corrected chi connectivity index (χ4v) is 1.18. The molecule has 0 amide bonds. The molecule has 0 aromatic heterocycles. The first-order valence-corrected chi connectivity index (χ1v) is 5.74. The molecule has 16 heavy (non-hydrogen) atoms. The maximum Gasteiger partial charge on any atom is 0.331 e. The minimum atomic E-state index is -1.08. The van der Waals surface area contributed by atoms with Crippen molar-refractivity contribution < 1.29 is 19.8 Å². The molecular formula is C11H17O4P. The fourth-order valence-electron chi connectivity index (χ4n) is 1.18. The fraction of sp³-hybridized carbons (Fsp3) is 0.455. The van der Waals surface area contributed by atoms with Gasteiger partial charge in [0.05, 0.1) is 5.41 Å². The Morgan fingerprint density at radius 3 is 2.38 bits per heavy atom. The van der Waals surface area contributed by atoms with Gasteiger partial charge < -0.3 is 10.2 Å². The van der Waals surface area contributed by atoms with Gasteiger partial charge in [-0.25, -0.2) is 4.79 Å². The zero-order valence-corrected chi connectivity index (χ0v) is 10.6. The molecule has 0 saturated heterocycles. The molecule has 0 bridgehead atoms. The molecule has 0 saturated carbocycles. The summed E-state index contributed by atoms with van der Waals surface area (Å²) in [5.74, 6) is -2.06. The Balaban J connectivity index is 0.000000673. The molecule has 0 spiro atoms. The van der Waals surface area contributed by atoms with E-state index in [0.29, 0.717) is 0 Å². The number of carboxylic acids is 2. The van der Waals surface area contributed by atoms with E-state index in [9.17, 15) is 9.59 Å². The van der Waals surface area contributed by atoms with Gasteiger partial charge in [0.2, 0.25) is 0 Å². The molecule has 0 aromatic rings. The molecule has 5 heteroatoms. The van der Waals surface area contributed by atoms with Gasteiger partial charge in [-0.2, -0.15) is 0 Å². The number of hydrogen-bond acceptors (Lipinski definition) is 2. The summed E-state index contributed by atoms with van der Waals surface area (Å²) in [6, 6.07) is 0. The Kier molecular flexibility index (Phi) is 5.97. The summed E-state index contributed by atoms with van der Waals surface area (Å²) in [6.07, 6.45) is 5.60. The van der Waals surface area contributed by atoms with Gasteiger partial charge in [0.25, 0.3) is 0 Å². The zero-order chi connectivity index (χ0) is 12.8. The maximum absolute atomic E-state index is 10.8. The molecule has 1 aliphatic carbocycles. The summed E-state index contributed by atoms with van der Waals surface area (Å²) in [4.78, 5) is 21.3. The second-order valence-corrected chi connectivity index (χ2v) is 4.48. The number of carbonyl (C=O) groups is 2. The van der Waals surface area contributed by atoms with E-state index in [-0.39, 0.29) is 12.0 Å². The highest BCUT2D eigenvalue weighted by atomic mass is 31.0. The molecule has 0 aliphatic heterocycles. The average Bonchev–Trinajstić information content (AvgIpc) is 2.18. The van der Waals surface area contributed by atoms with Crippen LogP contribution in [0.15, 0.2) is 23.8 Å². The number of aliphatic carboxylic acids is 2. The number of allylic oxidation sites excluding steroid dienone is 2. The van der Waals surface area contributed by atoms with Gasteiger partial charge in [-0.15, -0.1) is 9.24 Å². The van der Waals surface area contributed by atoms with E-state index < -0.39 is 17.4 Å². The van der Waals surface area contributed by atoms with Crippen LogP contribution < -0.4 is 0 Å². The summed E-state index contributed by atoms with van der Waals surface area (Å²) in [6.45, 7) is 3.59. The van der Waals surface area contributed by atoms with Gasteiger partial charge in [0.1, 0.15) is 0 Å². The van der Waals surface area contributed by atoms with Gasteiger partial charge in [-0.3, -0.25) is 4.79 Å². The molecule has 2 N–H and O–H groups in total. The monoisotopic (exact) mass is 244 g/mol.